The number of morpholine rings is 1. The molecule has 0 amide bonds. The van der Waals surface area contributed by atoms with Gasteiger partial charge in [0.2, 0.25) is 0 Å². The van der Waals surface area contributed by atoms with Gasteiger partial charge in [-0.25, -0.2) is 0 Å². The Morgan fingerprint density at radius 1 is 0.962 bits per heavy atom. The summed E-state index contributed by atoms with van der Waals surface area (Å²) in [5, 5.41) is 3.51. The average molecular weight is 399 g/mol. The lowest BCUT2D eigenvalue weighted by Gasteiger charge is -2.27. The molecule has 2 aromatic carbocycles. The van der Waals surface area contributed by atoms with E-state index in [-0.39, 0.29) is 24.8 Å². The van der Waals surface area contributed by atoms with Crippen LogP contribution in [-0.4, -0.2) is 38.3 Å². The van der Waals surface area contributed by atoms with E-state index in [1.807, 2.05) is 6.07 Å². The monoisotopic (exact) mass is 398 g/mol. The molecule has 6 heteroatoms. The normalized spacial score (nSPS) is 14.2. The van der Waals surface area contributed by atoms with Gasteiger partial charge < -0.3 is 14.8 Å². The van der Waals surface area contributed by atoms with Gasteiger partial charge in [-0.15, -0.1) is 24.8 Å². The molecule has 0 spiro atoms. The van der Waals surface area contributed by atoms with Crippen LogP contribution in [-0.2, 0) is 24.4 Å². The van der Waals surface area contributed by atoms with Crippen LogP contribution in [0.4, 0.5) is 0 Å². The van der Waals surface area contributed by atoms with Crippen molar-refractivity contribution < 1.29 is 9.47 Å². The second-order valence-corrected chi connectivity index (χ2v) is 6.12. The summed E-state index contributed by atoms with van der Waals surface area (Å²) in [7, 11) is 1.74. The number of benzene rings is 2. The quantitative estimate of drug-likeness (QED) is 0.771. The summed E-state index contributed by atoms with van der Waals surface area (Å²) < 4.78 is 11.0. The van der Waals surface area contributed by atoms with Crippen LogP contribution in [0.2, 0.25) is 0 Å². The molecule has 144 valence electrons. The molecule has 1 aliphatic heterocycles. The number of nitrogens with zero attached hydrogens (tertiary/aromatic N) is 1. The van der Waals surface area contributed by atoms with Crippen molar-refractivity contribution in [3.8, 4) is 5.75 Å². The summed E-state index contributed by atoms with van der Waals surface area (Å²) in [5.41, 5.74) is 3.84. The van der Waals surface area contributed by atoms with Crippen molar-refractivity contribution in [3.05, 3.63) is 65.2 Å². The predicted octanol–water partition coefficient (Wildman–Crippen LogP) is 3.66. The Labute approximate surface area is 168 Å². The fourth-order valence-electron chi connectivity index (χ4n) is 3.01. The zero-order chi connectivity index (χ0) is 16.6. The zero-order valence-electron chi connectivity index (χ0n) is 15.1. The first kappa shape index (κ1) is 22.7. The van der Waals surface area contributed by atoms with E-state index in [0.717, 1.165) is 51.7 Å². The third-order valence-electron chi connectivity index (χ3n) is 4.34. The molecule has 0 bridgehead atoms. The highest BCUT2D eigenvalue weighted by molar-refractivity contribution is 5.85. The van der Waals surface area contributed by atoms with Gasteiger partial charge in [0.25, 0.3) is 0 Å². The number of hydrogen-bond acceptors (Lipinski definition) is 4. The summed E-state index contributed by atoms with van der Waals surface area (Å²) >= 11 is 0. The molecule has 26 heavy (non-hydrogen) atoms. The van der Waals surface area contributed by atoms with E-state index in [1.165, 1.54) is 16.7 Å². The van der Waals surface area contributed by atoms with E-state index < -0.39 is 0 Å². The maximum atomic E-state index is 5.54. The third-order valence-corrected chi connectivity index (χ3v) is 4.34. The number of rotatable bonds is 7. The molecule has 0 atom stereocenters. The highest BCUT2D eigenvalue weighted by atomic mass is 35.5. The number of halogens is 2. The summed E-state index contributed by atoms with van der Waals surface area (Å²) in [6.45, 7) is 6.26. The molecule has 1 N–H and O–H groups in total. The van der Waals surface area contributed by atoms with Gasteiger partial charge in [0.15, 0.2) is 0 Å². The van der Waals surface area contributed by atoms with Crippen LogP contribution in [0.1, 0.15) is 16.7 Å². The Morgan fingerprint density at radius 2 is 1.65 bits per heavy atom. The molecule has 3 rings (SSSR count). The highest BCUT2D eigenvalue weighted by Crippen LogP contribution is 2.22. The topological polar surface area (TPSA) is 33.7 Å². The largest absolute Gasteiger partial charge is 0.496 e. The Hall–Kier alpha value is -1.30. The van der Waals surface area contributed by atoms with Crippen molar-refractivity contribution in [2.24, 2.45) is 0 Å². The van der Waals surface area contributed by atoms with Crippen molar-refractivity contribution in [2.75, 3.05) is 33.4 Å². The van der Waals surface area contributed by atoms with E-state index in [1.54, 1.807) is 7.11 Å². The standard InChI is InChI=1S/C20H26N2O2.2ClH/c1-23-20-8-7-18(15-21-14-17-5-3-2-4-6-17)13-19(20)16-22-9-11-24-12-10-22;;/h2-8,13,21H,9-12,14-16H2,1H3;2*1H. The van der Waals surface area contributed by atoms with Gasteiger partial charge in [0.1, 0.15) is 5.75 Å². The Kier molecular flexibility index (Phi) is 10.6. The SMILES string of the molecule is COc1ccc(CNCc2ccccc2)cc1CN1CCOCC1.Cl.Cl. The Balaban J connectivity index is 0.00000169. The number of hydrogen-bond donors (Lipinski definition) is 1. The van der Waals surface area contributed by atoms with Crippen LogP contribution < -0.4 is 10.1 Å². The lowest BCUT2D eigenvalue weighted by molar-refractivity contribution is 0.0339. The van der Waals surface area contributed by atoms with Crippen molar-refractivity contribution >= 4 is 24.8 Å². The van der Waals surface area contributed by atoms with Crippen LogP contribution >= 0.6 is 24.8 Å². The number of ether oxygens (including phenoxy) is 2. The maximum absolute atomic E-state index is 5.54. The second kappa shape index (κ2) is 12.2. The first-order valence-corrected chi connectivity index (χ1v) is 8.55. The molecule has 0 unspecified atom stereocenters. The summed E-state index contributed by atoms with van der Waals surface area (Å²) in [4.78, 5) is 2.42. The smallest absolute Gasteiger partial charge is 0.123 e. The number of nitrogens with one attached hydrogen (secondary N) is 1. The van der Waals surface area contributed by atoms with Crippen molar-refractivity contribution in [3.63, 3.8) is 0 Å². The fraction of sp³-hybridized carbons (Fsp3) is 0.400. The van der Waals surface area contributed by atoms with Crippen molar-refractivity contribution in [1.82, 2.24) is 10.2 Å². The van der Waals surface area contributed by atoms with Crippen LogP contribution in [0.15, 0.2) is 48.5 Å². The Bertz CT molecular complexity index is 635. The van der Waals surface area contributed by atoms with Crippen LogP contribution in [0.3, 0.4) is 0 Å². The van der Waals surface area contributed by atoms with E-state index in [2.05, 4.69) is 52.7 Å². The molecule has 1 fully saturated rings. The predicted molar refractivity (Wildman–Crippen MR) is 111 cm³/mol. The van der Waals surface area contributed by atoms with Crippen LogP contribution in [0.5, 0.6) is 5.75 Å². The van der Waals surface area contributed by atoms with Crippen molar-refractivity contribution in [2.45, 2.75) is 19.6 Å². The maximum Gasteiger partial charge on any atom is 0.123 e. The minimum Gasteiger partial charge on any atom is -0.496 e. The Morgan fingerprint density at radius 3 is 2.35 bits per heavy atom. The molecule has 2 aromatic rings. The molecular formula is C20H28Cl2N2O2. The molecule has 4 nitrogen and oxygen atoms in total. The van der Waals surface area contributed by atoms with Gasteiger partial charge in [0.05, 0.1) is 20.3 Å². The van der Waals surface area contributed by atoms with Crippen LogP contribution in [0, 0.1) is 0 Å². The van der Waals surface area contributed by atoms with Crippen molar-refractivity contribution in [1.29, 1.82) is 0 Å². The first-order valence-electron chi connectivity index (χ1n) is 8.55. The van der Waals surface area contributed by atoms with E-state index in [0.29, 0.717) is 0 Å². The molecule has 1 heterocycles. The lowest BCUT2D eigenvalue weighted by Crippen LogP contribution is -2.35. The minimum absolute atomic E-state index is 0. The summed E-state index contributed by atoms with van der Waals surface area (Å²) in [6.07, 6.45) is 0. The van der Waals surface area contributed by atoms with Gasteiger partial charge in [0, 0.05) is 38.3 Å². The van der Waals surface area contributed by atoms with Gasteiger partial charge in [-0.2, -0.15) is 0 Å². The average Bonchev–Trinajstić information content (AvgIpc) is 2.64. The minimum atomic E-state index is 0. The molecule has 0 aliphatic carbocycles. The zero-order valence-corrected chi connectivity index (χ0v) is 16.8. The molecular weight excluding hydrogens is 371 g/mol. The molecule has 0 radical (unpaired) electrons. The first-order chi connectivity index (χ1) is 11.8. The second-order valence-electron chi connectivity index (χ2n) is 6.12. The fourth-order valence-corrected chi connectivity index (χ4v) is 3.01. The van der Waals surface area contributed by atoms with E-state index in [9.17, 15) is 0 Å². The summed E-state index contributed by atoms with van der Waals surface area (Å²) in [6, 6.07) is 17.0. The molecule has 1 aliphatic rings. The van der Waals surface area contributed by atoms with Gasteiger partial charge in [-0.3, -0.25) is 4.90 Å². The van der Waals surface area contributed by atoms with Gasteiger partial charge in [-0.05, 0) is 23.3 Å². The summed E-state index contributed by atoms with van der Waals surface area (Å²) in [5.74, 6) is 0.966. The van der Waals surface area contributed by atoms with E-state index in [4.69, 9.17) is 9.47 Å². The highest BCUT2D eigenvalue weighted by Gasteiger charge is 2.13. The van der Waals surface area contributed by atoms with E-state index >= 15 is 0 Å². The van der Waals surface area contributed by atoms with Gasteiger partial charge in [-0.1, -0.05) is 36.4 Å². The third kappa shape index (κ3) is 6.78. The molecule has 1 saturated heterocycles. The molecule has 0 saturated carbocycles. The van der Waals surface area contributed by atoms with Gasteiger partial charge >= 0.3 is 0 Å². The molecule has 0 aromatic heterocycles. The number of methoxy groups -OCH3 is 1. The lowest BCUT2D eigenvalue weighted by atomic mass is 10.1. The van der Waals surface area contributed by atoms with Crippen LogP contribution in [0.25, 0.3) is 0 Å².